The fraction of sp³-hybridized carbons (Fsp3) is 0.250. The molecule has 0 radical (unpaired) electrons. The average molecular weight is 367 g/mol. The van der Waals surface area contributed by atoms with Crippen LogP contribution >= 0.6 is 0 Å². The Labute approximate surface area is 156 Å². The first-order chi connectivity index (χ1) is 13.0. The second-order valence-electron chi connectivity index (χ2n) is 6.23. The highest BCUT2D eigenvalue weighted by atomic mass is 16.5. The first-order valence-corrected chi connectivity index (χ1v) is 8.48. The molecule has 3 aromatic rings. The molecule has 1 N–H and O–H groups in total. The Morgan fingerprint density at radius 2 is 1.78 bits per heavy atom. The lowest BCUT2D eigenvalue weighted by Crippen LogP contribution is -1.98. The molecule has 0 unspecified atom stereocenters. The van der Waals surface area contributed by atoms with Crippen LogP contribution in [0.2, 0.25) is 0 Å². The largest absolute Gasteiger partial charge is 0.493 e. The topological polar surface area (TPSA) is 85.4 Å². The molecule has 3 rings (SSSR count). The van der Waals surface area contributed by atoms with Crippen molar-refractivity contribution in [3.8, 4) is 17.4 Å². The summed E-state index contributed by atoms with van der Waals surface area (Å²) >= 11 is 0. The summed E-state index contributed by atoms with van der Waals surface area (Å²) in [5, 5.41) is 19.1. The monoisotopic (exact) mass is 367 g/mol. The zero-order valence-corrected chi connectivity index (χ0v) is 15.6. The first kappa shape index (κ1) is 18.4. The van der Waals surface area contributed by atoms with E-state index in [1.807, 2.05) is 38.1 Å². The number of rotatable bonds is 5. The third-order valence-electron chi connectivity index (χ3n) is 4.25. The van der Waals surface area contributed by atoms with E-state index in [1.54, 1.807) is 16.7 Å². The van der Waals surface area contributed by atoms with Crippen LogP contribution in [0.15, 0.2) is 52.7 Å². The second-order valence-corrected chi connectivity index (χ2v) is 6.23. The molecule has 0 bridgehead atoms. The molecular weight excluding hydrogens is 346 g/mol. The zero-order chi connectivity index (χ0) is 19.6. The lowest BCUT2D eigenvalue weighted by molar-refractivity contribution is 0.0994. The maximum Gasteiger partial charge on any atom is 0.295 e. The number of ether oxygens (including phenoxy) is 2. The number of fused-ring (bicyclic) bond motifs is 1. The van der Waals surface area contributed by atoms with Gasteiger partial charge in [-0.2, -0.15) is 0 Å². The Morgan fingerprint density at radius 3 is 2.44 bits per heavy atom. The number of para-hydroxylation sites is 1. The lowest BCUT2D eigenvalue weighted by Gasteiger charge is -2.10. The number of carbonyl (C=O) groups excluding carboxylic acids is 1. The van der Waals surface area contributed by atoms with Crippen LogP contribution in [0.1, 0.15) is 30.2 Å². The minimum atomic E-state index is -0.545. The number of carbonyl (C=O) groups is 1. The third kappa shape index (κ3) is 3.36. The molecule has 1 aromatic heterocycles. The van der Waals surface area contributed by atoms with Crippen molar-refractivity contribution in [1.82, 2.24) is 4.57 Å². The van der Waals surface area contributed by atoms with Crippen molar-refractivity contribution < 1.29 is 19.4 Å². The van der Waals surface area contributed by atoms with E-state index in [0.717, 1.165) is 10.9 Å². The molecule has 0 aliphatic rings. The van der Waals surface area contributed by atoms with Crippen molar-refractivity contribution in [1.29, 1.82) is 0 Å². The molecule has 0 spiro atoms. The van der Waals surface area contributed by atoms with E-state index in [-0.39, 0.29) is 17.6 Å². The van der Waals surface area contributed by atoms with Gasteiger partial charge in [-0.25, -0.2) is 0 Å². The van der Waals surface area contributed by atoms with Crippen molar-refractivity contribution in [2.75, 3.05) is 14.2 Å². The van der Waals surface area contributed by atoms with E-state index in [1.165, 1.54) is 20.3 Å². The quantitative estimate of drug-likeness (QED) is 0.652. The zero-order valence-electron chi connectivity index (χ0n) is 15.6. The lowest BCUT2D eigenvalue weighted by atomic mass is 10.2. The van der Waals surface area contributed by atoms with E-state index in [0.29, 0.717) is 17.1 Å². The highest BCUT2D eigenvalue weighted by Gasteiger charge is 2.18. The van der Waals surface area contributed by atoms with Crippen molar-refractivity contribution in [2.45, 2.75) is 19.9 Å². The molecule has 0 saturated heterocycles. The number of hydrogen-bond acceptors (Lipinski definition) is 5. The van der Waals surface area contributed by atoms with Crippen LogP contribution in [0.4, 0.5) is 5.69 Å². The summed E-state index contributed by atoms with van der Waals surface area (Å²) in [6.45, 7) is 3.92. The maximum atomic E-state index is 12.4. The smallest absolute Gasteiger partial charge is 0.295 e. The Hall–Kier alpha value is -3.35. The van der Waals surface area contributed by atoms with Gasteiger partial charge in [0.25, 0.3) is 5.91 Å². The molecule has 2 aromatic carbocycles. The summed E-state index contributed by atoms with van der Waals surface area (Å²) in [6.07, 6.45) is 0. The molecule has 0 aliphatic carbocycles. The molecule has 7 nitrogen and oxygen atoms in total. The fourth-order valence-corrected chi connectivity index (χ4v) is 2.98. The van der Waals surface area contributed by atoms with Crippen LogP contribution in [-0.4, -0.2) is 29.8 Å². The van der Waals surface area contributed by atoms with Gasteiger partial charge >= 0.3 is 0 Å². The van der Waals surface area contributed by atoms with Crippen LogP contribution in [0.5, 0.6) is 17.4 Å². The molecule has 1 heterocycles. The average Bonchev–Trinajstić information content (AvgIpc) is 2.96. The van der Waals surface area contributed by atoms with Gasteiger partial charge in [0, 0.05) is 17.0 Å². The minimum absolute atomic E-state index is 0.0185. The van der Waals surface area contributed by atoms with E-state index in [2.05, 4.69) is 10.2 Å². The van der Waals surface area contributed by atoms with Crippen LogP contribution in [0.25, 0.3) is 10.9 Å². The van der Waals surface area contributed by atoms with Gasteiger partial charge < -0.3 is 19.1 Å². The molecule has 0 fully saturated rings. The van der Waals surface area contributed by atoms with Crippen LogP contribution in [0, 0.1) is 0 Å². The number of hydrogen-bond donors (Lipinski definition) is 1. The summed E-state index contributed by atoms with van der Waals surface area (Å²) in [5.74, 6) is 0.383. The van der Waals surface area contributed by atoms with Gasteiger partial charge in [0.2, 0.25) is 5.88 Å². The standard InChI is InChI=1S/C20H21N3O4/c1-12(2)23-15-8-6-5-7-14(15)18(20(23)25)21-22-19(24)13-9-10-16(26-3)17(11-13)27-4/h5-12,25H,1-4H3. The van der Waals surface area contributed by atoms with Gasteiger partial charge in [-0.15, -0.1) is 10.2 Å². The molecule has 0 saturated carbocycles. The summed E-state index contributed by atoms with van der Waals surface area (Å²) in [7, 11) is 3.01. The highest BCUT2D eigenvalue weighted by molar-refractivity contribution is 5.97. The van der Waals surface area contributed by atoms with Crippen molar-refractivity contribution >= 4 is 22.5 Å². The molecular formula is C20H21N3O4. The van der Waals surface area contributed by atoms with Crippen molar-refractivity contribution in [3.05, 3.63) is 48.0 Å². The Balaban J connectivity index is 1.99. The van der Waals surface area contributed by atoms with Gasteiger partial charge in [0.05, 0.1) is 19.7 Å². The number of amides is 1. The van der Waals surface area contributed by atoms with Gasteiger partial charge in [0.15, 0.2) is 17.2 Å². The van der Waals surface area contributed by atoms with Crippen molar-refractivity contribution in [3.63, 3.8) is 0 Å². The molecule has 27 heavy (non-hydrogen) atoms. The van der Waals surface area contributed by atoms with E-state index < -0.39 is 5.91 Å². The summed E-state index contributed by atoms with van der Waals surface area (Å²) in [6, 6.07) is 12.2. The fourth-order valence-electron chi connectivity index (χ4n) is 2.98. The second kappa shape index (κ2) is 7.49. The molecule has 1 amide bonds. The van der Waals surface area contributed by atoms with Gasteiger partial charge in [-0.3, -0.25) is 4.79 Å². The number of aromatic nitrogens is 1. The van der Waals surface area contributed by atoms with Crippen molar-refractivity contribution in [2.24, 2.45) is 10.2 Å². The number of nitrogens with zero attached hydrogens (tertiary/aromatic N) is 3. The predicted molar refractivity (Wildman–Crippen MR) is 102 cm³/mol. The SMILES string of the molecule is COc1ccc(C(=O)N=Nc2c(O)n(C(C)C)c3ccccc23)cc1OC. The predicted octanol–water partition coefficient (Wildman–Crippen LogP) is 4.87. The number of methoxy groups -OCH3 is 2. The Bertz CT molecular complexity index is 1020. The third-order valence-corrected chi connectivity index (χ3v) is 4.25. The van der Waals surface area contributed by atoms with E-state index in [4.69, 9.17) is 9.47 Å². The van der Waals surface area contributed by atoms with Crippen LogP contribution in [0.3, 0.4) is 0 Å². The Kier molecular flexibility index (Phi) is 5.12. The Morgan fingerprint density at radius 1 is 1.07 bits per heavy atom. The highest BCUT2D eigenvalue weighted by Crippen LogP contribution is 2.40. The van der Waals surface area contributed by atoms with Crippen LogP contribution < -0.4 is 9.47 Å². The summed E-state index contributed by atoms with van der Waals surface area (Å²) in [5.41, 5.74) is 1.41. The minimum Gasteiger partial charge on any atom is -0.493 e. The maximum absolute atomic E-state index is 12.4. The van der Waals surface area contributed by atoms with Gasteiger partial charge in [-0.05, 0) is 38.1 Å². The number of benzene rings is 2. The molecule has 140 valence electrons. The number of aromatic hydroxyl groups is 1. The molecule has 0 atom stereocenters. The number of azo groups is 1. The van der Waals surface area contributed by atoms with E-state index in [9.17, 15) is 9.90 Å². The van der Waals surface area contributed by atoms with Gasteiger partial charge in [0.1, 0.15) is 0 Å². The normalized spacial score (nSPS) is 11.4. The summed E-state index contributed by atoms with van der Waals surface area (Å²) < 4.78 is 12.1. The van der Waals surface area contributed by atoms with Crippen LogP contribution in [-0.2, 0) is 0 Å². The molecule has 7 heteroatoms. The summed E-state index contributed by atoms with van der Waals surface area (Å²) in [4.78, 5) is 12.4. The van der Waals surface area contributed by atoms with Gasteiger partial charge in [-0.1, -0.05) is 18.2 Å². The van der Waals surface area contributed by atoms with E-state index >= 15 is 0 Å². The first-order valence-electron chi connectivity index (χ1n) is 8.48. The molecule has 0 aliphatic heterocycles.